The zero-order chi connectivity index (χ0) is 16.5. The molecule has 3 aromatic heterocycles. The van der Waals surface area contributed by atoms with Crippen molar-refractivity contribution in [3.63, 3.8) is 0 Å². The number of rotatable bonds is 2. The predicted octanol–water partition coefficient (Wildman–Crippen LogP) is 1.52. The van der Waals surface area contributed by atoms with E-state index >= 15 is 0 Å². The van der Waals surface area contributed by atoms with E-state index < -0.39 is 0 Å². The van der Waals surface area contributed by atoms with Crippen molar-refractivity contribution in [3.8, 4) is 6.07 Å². The van der Waals surface area contributed by atoms with E-state index in [1.54, 1.807) is 17.3 Å². The molecule has 4 heterocycles. The molecular formula is C16H15N7O. The van der Waals surface area contributed by atoms with Gasteiger partial charge in [0.05, 0.1) is 17.8 Å². The third-order valence-corrected chi connectivity index (χ3v) is 4.54. The van der Waals surface area contributed by atoms with E-state index in [1.165, 1.54) is 0 Å². The van der Waals surface area contributed by atoms with E-state index in [9.17, 15) is 4.79 Å². The molecule has 0 bridgehead atoms. The van der Waals surface area contributed by atoms with Crippen LogP contribution < -0.4 is 0 Å². The SMILES string of the molecule is N#CCC(=O)N1CCCC(c2ccnc3cnc4[nH]nnc4c23)C1. The lowest BCUT2D eigenvalue weighted by atomic mass is 9.88. The van der Waals surface area contributed by atoms with Crippen LogP contribution in [0.5, 0.6) is 0 Å². The first-order chi connectivity index (χ1) is 11.8. The number of fused-ring (bicyclic) bond motifs is 3. The number of hydrogen-bond acceptors (Lipinski definition) is 6. The summed E-state index contributed by atoms with van der Waals surface area (Å²) < 4.78 is 0. The lowest BCUT2D eigenvalue weighted by Crippen LogP contribution is -2.38. The van der Waals surface area contributed by atoms with Crippen molar-refractivity contribution in [3.05, 3.63) is 24.0 Å². The quantitative estimate of drug-likeness (QED) is 0.766. The Kier molecular flexibility index (Phi) is 3.54. The molecule has 1 N–H and O–H groups in total. The smallest absolute Gasteiger partial charge is 0.236 e. The molecule has 24 heavy (non-hydrogen) atoms. The molecule has 0 saturated carbocycles. The Bertz CT molecular complexity index is 958. The monoisotopic (exact) mass is 321 g/mol. The number of likely N-dealkylation sites (tertiary alicyclic amines) is 1. The van der Waals surface area contributed by atoms with E-state index in [0.717, 1.165) is 29.3 Å². The van der Waals surface area contributed by atoms with Crippen molar-refractivity contribution in [2.75, 3.05) is 13.1 Å². The molecule has 1 aliphatic heterocycles. The first-order valence-electron chi connectivity index (χ1n) is 7.87. The second kappa shape index (κ2) is 5.85. The molecule has 0 aliphatic carbocycles. The number of carbonyl (C=O) groups excluding carboxylic acids is 1. The number of aromatic nitrogens is 5. The number of carbonyl (C=O) groups is 1. The summed E-state index contributed by atoms with van der Waals surface area (Å²) in [5.74, 6) is 0.0861. The maximum absolute atomic E-state index is 12.1. The molecule has 1 aliphatic rings. The molecule has 1 fully saturated rings. The minimum atomic E-state index is -0.103. The fraction of sp³-hybridized carbons (Fsp3) is 0.375. The number of nitriles is 1. The summed E-state index contributed by atoms with van der Waals surface area (Å²) in [6.07, 6.45) is 5.31. The van der Waals surface area contributed by atoms with Gasteiger partial charge >= 0.3 is 0 Å². The highest BCUT2D eigenvalue weighted by atomic mass is 16.2. The van der Waals surface area contributed by atoms with Gasteiger partial charge in [-0.25, -0.2) is 10.1 Å². The third-order valence-electron chi connectivity index (χ3n) is 4.54. The van der Waals surface area contributed by atoms with Crippen LogP contribution in [-0.2, 0) is 4.79 Å². The van der Waals surface area contributed by atoms with Gasteiger partial charge in [-0.2, -0.15) is 5.26 Å². The molecule has 3 aromatic rings. The second-order valence-corrected chi connectivity index (χ2v) is 5.94. The van der Waals surface area contributed by atoms with Crippen LogP contribution in [-0.4, -0.2) is 49.3 Å². The summed E-state index contributed by atoms with van der Waals surface area (Å²) in [7, 11) is 0. The van der Waals surface area contributed by atoms with Crippen molar-refractivity contribution in [1.82, 2.24) is 30.3 Å². The van der Waals surface area contributed by atoms with Gasteiger partial charge in [-0.3, -0.25) is 9.78 Å². The normalized spacial score (nSPS) is 18.0. The summed E-state index contributed by atoms with van der Waals surface area (Å²) >= 11 is 0. The first-order valence-corrected chi connectivity index (χ1v) is 7.87. The van der Waals surface area contributed by atoms with Crippen LogP contribution in [0.4, 0.5) is 0 Å². The summed E-state index contributed by atoms with van der Waals surface area (Å²) in [5, 5.41) is 20.5. The average Bonchev–Trinajstić information content (AvgIpc) is 3.10. The summed E-state index contributed by atoms with van der Waals surface area (Å²) in [5.41, 5.74) is 3.21. The van der Waals surface area contributed by atoms with Gasteiger partial charge in [0, 0.05) is 30.6 Å². The van der Waals surface area contributed by atoms with E-state index in [-0.39, 0.29) is 18.2 Å². The topological polar surface area (TPSA) is 111 Å². The molecular weight excluding hydrogens is 306 g/mol. The third kappa shape index (κ3) is 2.34. The highest BCUT2D eigenvalue weighted by Crippen LogP contribution is 2.33. The molecule has 4 rings (SSSR count). The molecule has 0 spiro atoms. The number of nitrogens with zero attached hydrogens (tertiary/aromatic N) is 6. The van der Waals surface area contributed by atoms with Crippen molar-refractivity contribution >= 4 is 28.0 Å². The summed E-state index contributed by atoms with van der Waals surface area (Å²) in [6.45, 7) is 1.32. The molecule has 8 nitrogen and oxygen atoms in total. The average molecular weight is 321 g/mol. The maximum Gasteiger partial charge on any atom is 0.236 e. The standard InChI is InChI=1S/C16H15N7O/c17-5-3-13(24)23-7-1-2-10(9-23)11-4-6-18-12-8-19-16-15(14(11)12)20-22-21-16/h4,6,8,10H,1-3,7,9H2,(H,19,20,21,22). The summed E-state index contributed by atoms with van der Waals surface area (Å²) in [4.78, 5) is 22.5. The Balaban J connectivity index is 1.77. The van der Waals surface area contributed by atoms with Crippen molar-refractivity contribution < 1.29 is 4.79 Å². The lowest BCUT2D eigenvalue weighted by molar-refractivity contribution is -0.131. The Morgan fingerprint density at radius 1 is 1.46 bits per heavy atom. The fourth-order valence-corrected chi connectivity index (χ4v) is 3.43. The van der Waals surface area contributed by atoms with Gasteiger partial charge in [-0.15, -0.1) is 5.10 Å². The van der Waals surface area contributed by atoms with Crippen LogP contribution in [0.3, 0.4) is 0 Å². The van der Waals surface area contributed by atoms with E-state index in [4.69, 9.17) is 5.26 Å². The number of nitrogens with one attached hydrogen (secondary N) is 1. The van der Waals surface area contributed by atoms with Crippen molar-refractivity contribution in [2.45, 2.75) is 25.2 Å². The molecule has 0 radical (unpaired) electrons. The zero-order valence-corrected chi connectivity index (χ0v) is 12.9. The number of amides is 1. The number of H-pyrrole nitrogens is 1. The van der Waals surface area contributed by atoms with Crippen LogP contribution in [0, 0.1) is 11.3 Å². The molecule has 120 valence electrons. The largest absolute Gasteiger partial charge is 0.341 e. The molecule has 1 unspecified atom stereocenters. The van der Waals surface area contributed by atoms with Gasteiger partial charge in [0.15, 0.2) is 5.65 Å². The van der Waals surface area contributed by atoms with Crippen LogP contribution in [0.1, 0.15) is 30.7 Å². The van der Waals surface area contributed by atoms with Crippen LogP contribution in [0.2, 0.25) is 0 Å². The van der Waals surface area contributed by atoms with Crippen molar-refractivity contribution in [1.29, 1.82) is 5.26 Å². The Morgan fingerprint density at radius 3 is 3.25 bits per heavy atom. The minimum absolute atomic E-state index is 0.0682. The Morgan fingerprint density at radius 2 is 2.38 bits per heavy atom. The van der Waals surface area contributed by atoms with Gasteiger partial charge < -0.3 is 4.90 Å². The molecule has 0 aromatic carbocycles. The van der Waals surface area contributed by atoms with Gasteiger partial charge in [0.1, 0.15) is 11.9 Å². The first kappa shape index (κ1) is 14.5. The van der Waals surface area contributed by atoms with Gasteiger partial charge in [0.25, 0.3) is 0 Å². The van der Waals surface area contributed by atoms with Crippen molar-refractivity contribution in [2.24, 2.45) is 0 Å². The van der Waals surface area contributed by atoms with Crippen LogP contribution in [0.15, 0.2) is 18.5 Å². The second-order valence-electron chi connectivity index (χ2n) is 5.94. The van der Waals surface area contributed by atoms with E-state index in [2.05, 4.69) is 25.4 Å². The Hall–Kier alpha value is -3.08. The lowest BCUT2D eigenvalue weighted by Gasteiger charge is -2.33. The molecule has 1 atom stereocenters. The fourth-order valence-electron chi connectivity index (χ4n) is 3.43. The van der Waals surface area contributed by atoms with E-state index in [1.807, 2.05) is 12.1 Å². The number of hydrogen-bond donors (Lipinski definition) is 1. The number of aromatic amines is 1. The predicted molar refractivity (Wildman–Crippen MR) is 85.8 cm³/mol. The van der Waals surface area contributed by atoms with Crippen LogP contribution >= 0.6 is 0 Å². The molecule has 1 saturated heterocycles. The highest BCUT2D eigenvalue weighted by Gasteiger charge is 2.26. The maximum atomic E-state index is 12.1. The molecule has 8 heteroatoms. The van der Waals surface area contributed by atoms with Crippen LogP contribution in [0.25, 0.3) is 22.1 Å². The van der Waals surface area contributed by atoms with Gasteiger partial charge in [0.2, 0.25) is 5.91 Å². The highest BCUT2D eigenvalue weighted by molar-refractivity contribution is 6.02. The molecule has 1 amide bonds. The number of pyridine rings is 2. The van der Waals surface area contributed by atoms with E-state index in [0.29, 0.717) is 24.3 Å². The zero-order valence-electron chi connectivity index (χ0n) is 12.9. The van der Waals surface area contributed by atoms with Gasteiger partial charge in [-0.05, 0) is 24.5 Å². The van der Waals surface area contributed by atoms with Gasteiger partial charge in [-0.1, -0.05) is 5.21 Å². The minimum Gasteiger partial charge on any atom is -0.341 e. The Labute approximate surface area is 137 Å². The number of piperidine rings is 1. The summed E-state index contributed by atoms with van der Waals surface area (Å²) in [6, 6.07) is 3.92.